The van der Waals surface area contributed by atoms with Gasteiger partial charge in [0.15, 0.2) is 0 Å². The van der Waals surface area contributed by atoms with Crippen LogP contribution in [-0.2, 0) is 6.42 Å². The van der Waals surface area contributed by atoms with E-state index in [0.717, 1.165) is 6.07 Å². The zero-order valence-corrected chi connectivity index (χ0v) is 12.3. The SMILES string of the molecule is CNC(Cc1cc(F)ccc1F)C1C(C)(C)C1(C)C. The summed E-state index contributed by atoms with van der Waals surface area (Å²) in [4.78, 5) is 0. The van der Waals surface area contributed by atoms with Gasteiger partial charge in [-0.25, -0.2) is 8.78 Å². The molecule has 1 saturated carbocycles. The van der Waals surface area contributed by atoms with E-state index in [0.29, 0.717) is 17.9 Å². The fourth-order valence-corrected chi connectivity index (χ4v) is 3.58. The lowest BCUT2D eigenvalue weighted by Gasteiger charge is -2.19. The number of hydrogen-bond acceptors (Lipinski definition) is 1. The number of nitrogens with one attached hydrogen (secondary N) is 1. The third kappa shape index (κ3) is 2.29. The number of rotatable bonds is 4. The predicted octanol–water partition coefficient (Wildman–Crippen LogP) is 3.78. The number of likely N-dealkylation sites (N-methyl/N-ethyl adjacent to an activating group) is 1. The Morgan fingerprint density at radius 3 is 2.21 bits per heavy atom. The summed E-state index contributed by atoms with van der Waals surface area (Å²) in [6, 6.07) is 3.85. The van der Waals surface area contributed by atoms with Crippen LogP contribution in [0.1, 0.15) is 33.3 Å². The van der Waals surface area contributed by atoms with E-state index in [1.165, 1.54) is 12.1 Å². The molecule has 1 atom stereocenters. The van der Waals surface area contributed by atoms with Gasteiger partial charge < -0.3 is 5.32 Å². The van der Waals surface area contributed by atoms with Crippen molar-refractivity contribution in [3.05, 3.63) is 35.4 Å². The third-order valence-corrected chi connectivity index (χ3v) is 5.35. The second-order valence-corrected chi connectivity index (χ2v) is 6.76. The Bertz CT molecular complexity index is 466. The first kappa shape index (κ1) is 14.4. The first-order chi connectivity index (χ1) is 8.71. The van der Waals surface area contributed by atoms with Crippen molar-refractivity contribution in [1.29, 1.82) is 0 Å². The molecule has 1 N–H and O–H groups in total. The highest BCUT2D eigenvalue weighted by atomic mass is 19.1. The van der Waals surface area contributed by atoms with Gasteiger partial charge in [0.2, 0.25) is 0 Å². The van der Waals surface area contributed by atoms with Gasteiger partial charge in [0.1, 0.15) is 11.6 Å². The molecule has 0 aromatic heterocycles. The van der Waals surface area contributed by atoms with E-state index in [9.17, 15) is 8.78 Å². The van der Waals surface area contributed by atoms with Gasteiger partial charge in [-0.15, -0.1) is 0 Å². The number of hydrogen-bond donors (Lipinski definition) is 1. The molecule has 0 spiro atoms. The molecule has 2 rings (SSSR count). The summed E-state index contributed by atoms with van der Waals surface area (Å²) < 4.78 is 27.0. The second kappa shape index (κ2) is 4.55. The lowest BCUT2D eigenvalue weighted by atomic mass is 9.96. The van der Waals surface area contributed by atoms with Gasteiger partial charge in [-0.05, 0) is 54.0 Å². The molecule has 1 aliphatic carbocycles. The molecular weight excluding hydrogens is 244 g/mol. The predicted molar refractivity (Wildman–Crippen MR) is 74.0 cm³/mol. The Labute approximate surface area is 114 Å². The van der Waals surface area contributed by atoms with Crippen LogP contribution in [0, 0.1) is 28.4 Å². The minimum absolute atomic E-state index is 0.168. The largest absolute Gasteiger partial charge is 0.316 e. The van der Waals surface area contributed by atoms with E-state index in [1.54, 1.807) is 0 Å². The Morgan fingerprint density at radius 2 is 1.74 bits per heavy atom. The van der Waals surface area contributed by atoms with Gasteiger partial charge >= 0.3 is 0 Å². The molecule has 1 aromatic rings. The van der Waals surface area contributed by atoms with Crippen LogP contribution in [0.25, 0.3) is 0 Å². The molecule has 0 bridgehead atoms. The molecule has 1 aromatic carbocycles. The van der Waals surface area contributed by atoms with Crippen molar-refractivity contribution in [2.45, 2.75) is 40.2 Å². The van der Waals surface area contributed by atoms with Gasteiger partial charge in [-0.2, -0.15) is 0 Å². The summed E-state index contributed by atoms with van der Waals surface area (Å²) in [5.41, 5.74) is 0.910. The first-order valence-corrected chi connectivity index (χ1v) is 6.83. The van der Waals surface area contributed by atoms with Crippen LogP contribution in [0.4, 0.5) is 8.78 Å². The van der Waals surface area contributed by atoms with E-state index in [4.69, 9.17) is 0 Å². The van der Waals surface area contributed by atoms with Gasteiger partial charge in [-0.3, -0.25) is 0 Å². The molecule has 0 aliphatic heterocycles. The topological polar surface area (TPSA) is 12.0 Å². The highest BCUT2D eigenvalue weighted by Crippen LogP contribution is 2.69. The fraction of sp³-hybridized carbons (Fsp3) is 0.625. The number of halogens is 2. The molecule has 1 fully saturated rings. The quantitative estimate of drug-likeness (QED) is 0.875. The molecule has 0 heterocycles. The molecule has 1 aliphatic rings. The highest BCUT2D eigenvalue weighted by molar-refractivity contribution is 5.23. The summed E-state index contributed by atoms with van der Waals surface area (Å²) in [5.74, 6) is -0.230. The van der Waals surface area contributed by atoms with Crippen molar-refractivity contribution in [1.82, 2.24) is 5.32 Å². The van der Waals surface area contributed by atoms with Crippen LogP contribution in [0.5, 0.6) is 0 Å². The van der Waals surface area contributed by atoms with Gasteiger partial charge in [0, 0.05) is 6.04 Å². The summed E-state index contributed by atoms with van der Waals surface area (Å²) in [5, 5.41) is 3.28. The van der Waals surface area contributed by atoms with E-state index < -0.39 is 0 Å². The lowest BCUT2D eigenvalue weighted by Crippen LogP contribution is -2.32. The maximum Gasteiger partial charge on any atom is 0.126 e. The summed E-state index contributed by atoms with van der Waals surface area (Å²) in [6.07, 6.45) is 0.525. The Balaban J connectivity index is 2.20. The van der Waals surface area contributed by atoms with E-state index in [-0.39, 0.29) is 28.5 Å². The van der Waals surface area contributed by atoms with Crippen LogP contribution < -0.4 is 5.32 Å². The number of benzene rings is 1. The molecule has 0 amide bonds. The van der Waals surface area contributed by atoms with E-state index in [1.807, 2.05) is 7.05 Å². The minimum atomic E-state index is -0.374. The van der Waals surface area contributed by atoms with Crippen LogP contribution in [0.3, 0.4) is 0 Å². The molecule has 1 unspecified atom stereocenters. The van der Waals surface area contributed by atoms with Crippen LogP contribution >= 0.6 is 0 Å². The van der Waals surface area contributed by atoms with Crippen molar-refractivity contribution in [2.24, 2.45) is 16.7 Å². The summed E-state index contributed by atoms with van der Waals surface area (Å²) >= 11 is 0. The van der Waals surface area contributed by atoms with Crippen molar-refractivity contribution in [2.75, 3.05) is 7.05 Å². The van der Waals surface area contributed by atoms with Crippen LogP contribution in [-0.4, -0.2) is 13.1 Å². The minimum Gasteiger partial charge on any atom is -0.316 e. The van der Waals surface area contributed by atoms with Crippen molar-refractivity contribution in [3.63, 3.8) is 0 Å². The second-order valence-electron chi connectivity index (χ2n) is 6.76. The first-order valence-electron chi connectivity index (χ1n) is 6.83. The third-order valence-electron chi connectivity index (χ3n) is 5.35. The van der Waals surface area contributed by atoms with Gasteiger partial charge in [0.25, 0.3) is 0 Å². The van der Waals surface area contributed by atoms with E-state index >= 15 is 0 Å². The molecule has 0 radical (unpaired) electrons. The molecule has 0 saturated heterocycles. The van der Waals surface area contributed by atoms with Crippen LogP contribution in [0.2, 0.25) is 0 Å². The molecule has 3 heteroatoms. The van der Waals surface area contributed by atoms with E-state index in [2.05, 4.69) is 33.0 Å². The molecular formula is C16H23F2N. The zero-order valence-electron chi connectivity index (χ0n) is 12.3. The van der Waals surface area contributed by atoms with Crippen molar-refractivity contribution < 1.29 is 8.78 Å². The Hall–Kier alpha value is -0.960. The molecule has 1 nitrogen and oxygen atoms in total. The maximum absolute atomic E-state index is 13.7. The zero-order chi connectivity index (χ0) is 14.4. The van der Waals surface area contributed by atoms with Crippen LogP contribution in [0.15, 0.2) is 18.2 Å². The van der Waals surface area contributed by atoms with Gasteiger partial charge in [0.05, 0.1) is 0 Å². The monoisotopic (exact) mass is 267 g/mol. The Morgan fingerprint density at radius 1 is 1.16 bits per heavy atom. The van der Waals surface area contributed by atoms with Crippen molar-refractivity contribution >= 4 is 0 Å². The van der Waals surface area contributed by atoms with Crippen molar-refractivity contribution in [3.8, 4) is 0 Å². The summed E-state index contributed by atoms with van der Waals surface area (Å²) in [6.45, 7) is 8.96. The summed E-state index contributed by atoms with van der Waals surface area (Å²) in [7, 11) is 1.90. The smallest absolute Gasteiger partial charge is 0.126 e. The average molecular weight is 267 g/mol. The Kier molecular flexibility index (Phi) is 3.46. The molecule has 106 valence electrons. The highest BCUT2D eigenvalue weighted by Gasteiger charge is 2.66. The normalized spacial score (nSPS) is 22.3. The average Bonchev–Trinajstić information content (AvgIpc) is 2.72. The maximum atomic E-state index is 13.7. The standard InChI is InChI=1S/C16H23F2N/c1-15(2)14(16(15,3)4)13(19-5)9-10-8-11(17)6-7-12(10)18/h6-8,13-14,19H,9H2,1-5H3. The van der Waals surface area contributed by atoms with Gasteiger partial charge in [-0.1, -0.05) is 27.7 Å². The molecule has 19 heavy (non-hydrogen) atoms. The fourth-order valence-electron chi connectivity index (χ4n) is 3.58. The lowest BCUT2D eigenvalue weighted by molar-refractivity contribution is 0.414.